The van der Waals surface area contributed by atoms with Crippen molar-refractivity contribution in [3.8, 4) is 11.4 Å². The fraction of sp³-hybridized carbons (Fsp3) is 0.474. The summed E-state index contributed by atoms with van der Waals surface area (Å²) < 4.78 is 9.61. The molecule has 7 nitrogen and oxygen atoms in total. The first-order valence-corrected chi connectivity index (χ1v) is 9.62. The van der Waals surface area contributed by atoms with Crippen LogP contribution in [0.2, 0.25) is 0 Å². The van der Waals surface area contributed by atoms with Crippen molar-refractivity contribution < 1.29 is 9.53 Å². The fourth-order valence-corrected chi connectivity index (χ4v) is 3.63. The normalized spacial score (nSPS) is 17.6. The van der Waals surface area contributed by atoms with E-state index >= 15 is 0 Å². The first-order chi connectivity index (χ1) is 13.1. The summed E-state index contributed by atoms with van der Waals surface area (Å²) in [6, 6.07) is 3.83. The predicted molar refractivity (Wildman–Crippen MR) is 105 cm³/mol. The molecular weight excluding hydrogens is 362 g/mol. The zero-order valence-corrected chi connectivity index (χ0v) is 16.4. The minimum absolute atomic E-state index is 0.0807. The summed E-state index contributed by atoms with van der Waals surface area (Å²) in [5, 5.41) is 4.74. The second-order valence-corrected chi connectivity index (χ2v) is 6.92. The maximum atomic E-state index is 12.1. The number of nitrogens with zero attached hydrogens (tertiary/aromatic N) is 5. The number of carbonyl (C=O) groups is 1. The Morgan fingerprint density at radius 3 is 2.93 bits per heavy atom. The molecule has 0 radical (unpaired) electrons. The lowest BCUT2D eigenvalue weighted by atomic mass is 9.99. The van der Waals surface area contributed by atoms with E-state index in [1.165, 1.54) is 0 Å². The molecule has 0 saturated carbocycles. The molecule has 144 valence electrons. The second-order valence-electron chi connectivity index (χ2n) is 6.55. The molecule has 1 aliphatic rings. The molecule has 0 N–H and O–H groups in total. The van der Waals surface area contributed by atoms with E-state index in [-0.39, 0.29) is 11.9 Å². The molecule has 0 aromatic carbocycles. The summed E-state index contributed by atoms with van der Waals surface area (Å²) in [6.07, 6.45) is 7.12. The summed E-state index contributed by atoms with van der Waals surface area (Å²) in [7, 11) is 0. The first-order valence-electron chi connectivity index (χ1n) is 9.22. The molecule has 0 amide bonds. The van der Waals surface area contributed by atoms with Gasteiger partial charge in [0.2, 0.25) is 0 Å². The topological polar surface area (TPSA) is 65.2 Å². The molecule has 1 saturated heterocycles. The Labute approximate surface area is 164 Å². The highest BCUT2D eigenvalue weighted by molar-refractivity contribution is 7.71. The van der Waals surface area contributed by atoms with E-state index in [0.717, 1.165) is 30.8 Å². The predicted octanol–water partition coefficient (Wildman–Crippen LogP) is 2.89. The van der Waals surface area contributed by atoms with E-state index in [2.05, 4.69) is 16.5 Å². The van der Waals surface area contributed by atoms with Crippen LogP contribution >= 0.6 is 12.2 Å². The Hall–Kier alpha value is -2.32. The Kier molecular flexibility index (Phi) is 6.52. The van der Waals surface area contributed by atoms with Gasteiger partial charge in [-0.2, -0.15) is 5.10 Å². The zero-order chi connectivity index (χ0) is 19.2. The highest BCUT2D eigenvalue weighted by Crippen LogP contribution is 2.21. The maximum Gasteiger partial charge on any atom is 0.310 e. The molecule has 3 rings (SSSR count). The summed E-state index contributed by atoms with van der Waals surface area (Å²) in [5.41, 5.74) is 0.958. The molecule has 8 heteroatoms. The van der Waals surface area contributed by atoms with E-state index in [0.29, 0.717) is 31.1 Å². The molecule has 0 bridgehead atoms. The van der Waals surface area contributed by atoms with Gasteiger partial charge in [0.25, 0.3) is 0 Å². The number of piperidine rings is 1. The fourth-order valence-electron chi connectivity index (χ4n) is 3.37. The van der Waals surface area contributed by atoms with Gasteiger partial charge in [-0.3, -0.25) is 19.2 Å². The van der Waals surface area contributed by atoms with Crippen LogP contribution in [0.4, 0.5) is 0 Å². The van der Waals surface area contributed by atoms with Gasteiger partial charge in [0.15, 0.2) is 10.6 Å². The van der Waals surface area contributed by atoms with Crippen LogP contribution in [-0.2, 0) is 22.7 Å². The SMILES string of the molecule is C=CCn1c(-c2ccncc2)nn(CN2CCC[C@H](C(=O)OCC)C2)c1=S. The number of carbonyl (C=O) groups excluding carboxylic acids is 1. The first kappa shape index (κ1) is 19.4. The van der Waals surface area contributed by atoms with Gasteiger partial charge >= 0.3 is 5.97 Å². The van der Waals surface area contributed by atoms with Crippen molar-refractivity contribution >= 4 is 18.2 Å². The quantitative estimate of drug-likeness (QED) is 0.413. The van der Waals surface area contributed by atoms with Crippen molar-refractivity contribution in [1.29, 1.82) is 0 Å². The van der Waals surface area contributed by atoms with Crippen molar-refractivity contribution in [1.82, 2.24) is 24.2 Å². The third-order valence-corrected chi connectivity index (χ3v) is 5.06. The Morgan fingerprint density at radius 1 is 1.44 bits per heavy atom. The summed E-state index contributed by atoms with van der Waals surface area (Å²) in [6.45, 7) is 8.80. The number of esters is 1. The van der Waals surface area contributed by atoms with Gasteiger partial charge in [0.05, 0.1) is 19.2 Å². The molecule has 1 atom stereocenters. The van der Waals surface area contributed by atoms with Crippen LogP contribution in [0.5, 0.6) is 0 Å². The molecule has 2 aromatic heterocycles. The standard InChI is InChI=1S/C19H25N5O2S/c1-3-11-23-17(15-7-9-20-10-8-15)21-24(19(23)27)14-22-12-5-6-16(13-22)18(25)26-4-2/h3,7-10,16H,1,4-6,11-14H2,2H3/t16-/m0/s1. The van der Waals surface area contributed by atoms with Gasteiger partial charge in [-0.15, -0.1) is 6.58 Å². The number of hydrogen-bond donors (Lipinski definition) is 0. The molecule has 0 aliphatic carbocycles. The average molecular weight is 388 g/mol. The number of likely N-dealkylation sites (tertiary alicyclic amines) is 1. The van der Waals surface area contributed by atoms with E-state index in [9.17, 15) is 4.79 Å². The van der Waals surface area contributed by atoms with E-state index in [1.54, 1.807) is 12.4 Å². The molecule has 1 fully saturated rings. The highest BCUT2D eigenvalue weighted by atomic mass is 32.1. The number of aromatic nitrogens is 4. The van der Waals surface area contributed by atoms with Gasteiger partial charge in [-0.1, -0.05) is 6.08 Å². The number of rotatable bonds is 7. The number of pyridine rings is 1. The van der Waals surface area contributed by atoms with E-state index < -0.39 is 0 Å². The lowest BCUT2D eigenvalue weighted by Crippen LogP contribution is -2.40. The van der Waals surface area contributed by atoms with E-state index in [4.69, 9.17) is 22.1 Å². The molecule has 0 spiro atoms. The monoisotopic (exact) mass is 387 g/mol. The van der Waals surface area contributed by atoms with Crippen LogP contribution in [0.3, 0.4) is 0 Å². The van der Waals surface area contributed by atoms with Crippen LogP contribution in [0.25, 0.3) is 11.4 Å². The molecule has 1 aliphatic heterocycles. The van der Waals surface area contributed by atoms with Crippen LogP contribution in [0, 0.1) is 10.7 Å². The van der Waals surface area contributed by atoms with Gasteiger partial charge in [-0.25, -0.2) is 4.68 Å². The largest absolute Gasteiger partial charge is 0.466 e. The van der Waals surface area contributed by atoms with Crippen molar-refractivity contribution in [3.05, 3.63) is 42.0 Å². The third-order valence-electron chi connectivity index (χ3n) is 4.63. The van der Waals surface area contributed by atoms with Gasteiger partial charge < -0.3 is 4.74 Å². The number of hydrogen-bond acceptors (Lipinski definition) is 6. The van der Waals surface area contributed by atoms with Crippen LogP contribution < -0.4 is 0 Å². The average Bonchev–Trinajstić information content (AvgIpc) is 2.99. The summed E-state index contributed by atoms with van der Waals surface area (Å²) >= 11 is 5.65. The highest BCUT2D eigenvalue weighted by Gasteiger charge is 2.27. The third kappa shape index (κ3) is 4.51. The molecule has 0 unspecified atom stereocenters. The van der Waals surface area contributed by atoms with Crippen molar-refractivity contribution in [2.75, 3.05) is 19.7 Å². The maximum absolute atomic E-state index is 12.1. The molecule has 27 heavy (non-hydrogen) atoms. The minimum Gasteiger partial charge on any atom is -0.466 e. The Morgan fingerprint density at radius 2 is 2.22 bits per heavy atom. The van der Waals surface area contributed by atoms with Crippen LogP contribution in [-0.4, -0.2) is 49.9 Å². The summed E-state index contributed by atoms with van der Waals surface area (Å²) in [4.78, 5) is 18.4. The molecule has 2 aromatic rings. The lowest BCUT2D eigenvalue weighted by Gasteiger charge is -2.31. The van der Waals surface area contributed by atoms with Crippen molar-refractivity contribution in [2.45, 2.75) is 33.0 Å². The second kappa shape index (κ2) is 9.05. The number of ether oxygens (including phenoxy) is 1. The number of allylic oxidation sites excluding steroid dienone is 1. The van der Waals surface area contributed by atoms with Crippen LogP contribution in [0.15, 0.2) is 37.2 Å². The minimum atomic E-state index is -0.111. The van der Waals surface area contributed by atoms with Crippen molar-refractivity contribution in [3.63, 3.8) is 0 Å². The Bertz CT molecular complexity index is 846. The molecule has 3 heterocycles. The molecular formula is C19H25N5O2S. The van der Waals surface area contributed by atoms with Crippen molar-refractivity contribution in [2.24, 2.45) is 5.92 Å². The van der Waals surface area contributed by atoms with Crippen LogP contribution in [0.1, 0.15) is 19.8 Å². The van der Waals surface area contributed by atoms with Gasteiger partial charge in [-0.05, 0) is 50.7 Å². The lowest BCUT2D eigenvalue weighted by molar-refractivity contribution is -0.150. The van der Waals surface area contributed by atoms with Gasteiger partial charge in [0.1, 0.15) is 0 Å². The zero-order valence-electron chi connectivity index (χ0n) is 15.6. The van der Waals surface area contributed by atoms with E-state index in [1.807, 2.05) is 34.4 Å². The smallest absolute Gasteiger partial charge is 0.310 e. The summed E-state index contributed by atoms with van der Waals surface area (Å²) in [5.74, 6) is 0.601. The van der Waals surface area contributed by atoms with Gasteiger partial charge in [0, 0.05) is 31.0 Å². The Balaban J connectivity index is 1.82.